The Hall–Kier alpha value is -3.00. The summed E-state index contributed by atoms with van der Waals surface area (Å²) in [6.07, 6.45) is 4.07. The van der Waals surface area contributed by atoms with Crippen LogP contribution in [0, 0.1) is 11.8 Å². The van der Waals surface area contributed by atoms with Crippen molar-refractivity contribution in [2.45, 2.75) is 39.0 Å². The molecule has 1 N–H and O–H groups in total. The van der Waals surface area contributed by atoms with Gasteiger partial charge in [-0.1, -0.05) is 41.8 Å². The third kappa shape index (κ3) is 4.85. The number of imide groups is 1. The molecule has 0 unspecified atom stereocenters. The van der Waals surface area contributed by atoms with Gasteiger partial charge in [-0.05, 0) is 61.2 Å². The molecule has 1 aliphatic heterocycles. The van der Waals surface area contributed by atoms with E-state index < -0.39 is 18.5 Å². The van der Waals surface area contributed by atoms with E-state index in [0.717, 1.165) is 42.1 Å². The average Bonchev–Trinajstić information content (AvgIpc) is 3.08. The van der Waals surface area contributed by atoms with Crippen molar-refractivity contribution >= 4 is 51.0 Å². The lowest BCUT2D eigenvalue weighted by Crippen LogP contribution is -2.31. The zero-order valence-electron chi connectivity index (χ0n) is 18.3. The summed E-state index contributed by atoms with van der Waals surface area (Å²) in [6.45, 7) is 1.53. The monoisotopic (exact) mass is 512 g/mol. The number of aryl methyl sites for hydroxylation is 1. The van der Waals surface area contributed by atoms with Crippen LogP contribution in [0.15, 0.2) is 46.9 Å². The van der Waals surface area contributed by atoms with Gasteiger partial charge in [0.2, 0.25) is 11.8 Å². The first-order valence-electron chi connectivity index (χ1n) is 11.1. The van der Waals surface area contributed by atoms with Crippen LogP contribution in [0.25, 0.3) is 0 Å². The van der Waals surface area contributed by atoms with Crippen molar-refractivity contribution in [1.29, 1.82) is 0 Å². The summed E-state index contributed by atoms with van der Waals surface area (Å²) in [5.41, 5.74) is 2.16. The highest BCUT2D eigenvalue weighted by Gasteiger charge is 2.48. The fraction of sp³-hybridized carbons (Fsp3) is 0.360. The predicted molar refractivity (Wildman–Crippen MR) is 127 cm³/mol. The van der Waals surface area contributed by atoms with E-state index in [9.17, 15) is 19.2 Å². The Morgan fingerprint density at radius 1 is 1.06 bits per heavy atom. The smallest absolute Gasteiger partial charge is 0.338 e. The Balaban J connectivity index is 1.41. The zero-order chi connectivity index (χ0) is 23.5. The van der Waals surface area contributed by atoms with Crippen molar-refractivity contribution in [3.8, 4) is 0 Å². The SMILES string of the molecule is CCc1cc(Br)ccc1NC(=O)COC(=O)c1cccc(N2C(=O)[C@H]3CCCC[C@H]3C2=O)c1. The molecule has 0 spiro atoms. The molecule has 4 rings (SSSR count). The van der Waals surface area contributed by atoms with E-state index in [1.54, 1.807) is 18.2 Å². The second kappa shape index (κ2) is 9.87. The first-order valence-corrected chi connectivity index (χ1v) is 11.9. The second-order valence-electron chi connectivity index (χ2n) is 8.34. The Labute approximate surface area is 200 Å². The number of ether oxygens (including phenoxy) is 1. The Morgan fingerprint density at radius 2 is 1.76 bits per heavy atom. The summed E-state index contributed by atoms with van der Waals surface area (Å²) in [5, 5.41) is 2.76. The number of halogens is 1. The number of rotatable bonds is 6. The number of carbonyl (C=O) groups is 4. The van der Waals surface area contributed by atoms with Crippen LogP contribution in [0.1, 0.15) is 48.5 Å². The Bertz CT molecular complexity index is 1090. The minimum absolute atomic E-state index is 0.175. The molecule has 0 bridgehead atoms. The summed E-state index contributed by atoms with van der Waals surface area (Å²) in [6, 6.07) is 11.8. The fourth-order valence-corrected chi connectivity index (χ4v) is 4.97. The van der Waals surface area contributed by atoms with Crippen LogP contribution in [0.4, 0.5) is 11.4 Å². The molecule has 0 radical (unpaired) electrons. The number of hydrogen-bond donors (Lipinski definition) is 1. The number of nitrogens with zero attached hydrogens (tertiary/aromatic N) is 1. The van der Waals surface area contributed by atoms with E-state index >= 15 is 0 Å². The molecule has 2 aromatic carbocycles. The van der Waals surface area contributed by atoms with E-state index in [1.807, 2.05) is 19.1 Å². The number of fused-ring (bicyclic) bond motifs is 1. The highest BCUT2D eigenvalue weighted by molar-refractivity contribution is 9.10. The molecule has 2 atom stereocenters. The van der Waals surface area contributed by atoms with Crippen molar-refractivity contribution < 1.29 is 23.9 Å². The van der Waals surface area contributed by atoms with E-state index in [-0.39, 0.29) is 29.2 Å². The van der Waals surface area contributed by atoms with E-state index in [2.05, 4.69) is 21.2 Å². The predicted octanol–water partition coefficient (Wildman–Crippen LogP) is 4.49. The standard InChI is InChI=1S/C25H25BrN2O5/c1-2-15-12-17(26)10-11-21(15)27-22(29)14-33-25(32)16-6-5-7-18(13-16)28-23(30)19-8-3-4-9-20(19)24(28)31/h5-7,10-13,19-20H,2-4,8-9,14H2,1H3,(H,27,29)/t19-,20+. The number of esters is 1. The Morgan fingerprint density at radius 3 is 2.42 bits per heavy atom. The van der Waals surface area contributed by atoms with Crippen LogP contribution >= 0.6 is 15.9 Å². The maximum absolute atomic E-state index is 12.8. The summed E-state index contributed by atoms with van der Waals surface area (Å²) in [7, 11) is 0. The lowest BCUT2D eigenvalue weighted by molar-refractivity contribution is -0.122. The summed E-state index contributed by atoms with van der Waals surface area (Å²) in [5.74, 6) is -2.08. The number of benzene rings is 2. The topological polar surface area (TPSA) is 92.8 Å². The normalized spacial score (nSPS) is 19.9. The molecule has 172 valence electrons. The molecule has 1 saturated heterocycles. The number of nitrogens with one attached hydrogen (secondary N) is 1. The van der Waals surface area contributed by atoms with Gasteiger partial charge in [-0.15, -0.1) is 0 Å². The lowest BCUT2D eigenvalue weighted by Gasteiger charge is -2.19. The van der Waals surface area contributed by atoms with Gasteiger partial charge in [-0.2, -0.15) is 0 Å². The van der Waals surface area contributed by atoms with Crippen molar-refractivity contribution in [1.82, 2.24) is 0 Å². The molecule has 3 amide bonds. The molecular formula is C25H25BrN2O5. The average molecular weight is 513 g/mol. The molecule has 0 aromatic heterocycles. The number of hydrogen-bond acceptors (Lipinski definition) is 5. The van der Waals surface area contributed by atoms with Crippen LogP contribution in [0.5, 0.6) is 0 Å². The molecule has 7 nitrogen and oxygen atoms in total. The Kier molecular flexibility index (Phi) is 6.93. The van der Waals surface area contributed by atoms with Crippen molar-refractivity contribution in [2.24, 2.45) is 11.8 Å². The van der Waals surface area contributed by atoms with Crippen LogP contribution < -0.4 is 10.2 Å². The molecule has 8 heteroatoms. The summed E-state index contributed by atoms with van der Waals surface area (Å²) in [4.78, 5) is 51.7. The zero-order valence-corrected chi connectivity index (χ0v) is 19.9. The van der Waals surface area contributed by atoms with Crippen LogP contribution in [0.3, 0.4) is 0 Å². The fourth-order valence-electron chi connectivity index (χ4n) is 4.57. The highest BCUT2D eigenvalue weighted by atomic mass is 79.9. The van der Waals surface area contributed by atoms with E-state index in [4.69, 9.17) is 4.74 Å². The van der Waals surface area contributed by atoms with E-state index in [1.165, 1.54) is 17.0 Å². The van der Waals surface area contributed by atoms with Crippen LogP contribution in [-0.2, 0) is 25.5 Å². The van der Waals surface area contributed by atoms with Gasteiger partial charge in [-0.3, -0.25) is 19.3 Å². The minimum atomic E-state index is -0.699. The maximum atomic E-state index is 12.8. The van der Waals surface area contributed by atoms with Gasteiger partial charge in [0.15, 0.2) is 6.61 Å². The molecular weight excluding hydrogens is 488 g/mol. The van der Waals surface area contributed by atoms with E-state index in [0.29, 0.717) is 11.4 Å². The number of amides is 3. The lowest BCUT2D eigenvalue weighted by atomic mass is 9.81. The quantitative estimate of drug-likeness (QED) is 0.454. The van der Waals surface area contributed by atoms with Gasteiger partial charge in [0.1, 0.15) is 0 Å². The third-order valence-electron chi connectivity index (χ3n) is 6.24. The number of anilines is 2. The molecule has 33 heavy (non-hydrogen) atoms. The summed E-state index contributed by atoms with van der Waals surface area (Å²) < 4.78 is 6.09. The first kappa shape index (κ1) is 23.2. The van der Waals surface area contributed by atoms with Crippen LogP contribution in [0.2, 0.25) is 0 Å². The molecule has 2 fully saturated rings. The van der Waals surface area contributed by atoms with Gasteiger partial charge in [0.05, 0.1) is 23.1 Å². The summed E-state index contributed by atoms with van der Waals surface area (Å²) >= 11 is 3.41. The van der Waals surface area contributed by atoms with Gasteiger partial charge in [-0.25, -0.2) is 4.79 Å². The number of carbonyl (C=O) groups excluding carboxylic acids is 4. The largest absolute Gasteiger partial charge is 0.452 e. The molecule has 1 aliphatic carbocycles. The highest BCUT2D eigenvalue weighted by Crippen LogP contribution is 2.40. The van der Waals surface area contributed by atoms with Crippen molar-refractivity contribution in [2.75, 3.05) is 16.8 Å². The third-order valence-corrected chi connectivity index (χ3v) is 6.73. The van der Waals surface area contributed by atoms with Gasteiger partial charge >= 0.3 is 5.97 Å². The molecule has 1 saturated carbocycles. The van der Waals surface area contributed by atoms with Gasteiger partial charge in [0.25, 0.3) is 5.91 Å². The maximum Gasteiger partial charge on any atom is 0.338 e. The second-order valence-corrected chi connectivity index (χ2v) is 9.25. The molecule has 1 heterocycles. The van der Waals surface area contributed by atoms with Crippen LogP contribution in [-0.4, -0.2) is 30.3 Å². The van der Waals surface area contributed by atoms with Gasteiger partial charge < -0.3 is 10.1 Å². The van der Waals surface area contributed by atoms with Crippen molar-refractivity contribution in [3.05, 3.63) is 58.1 Å². The molecule has 2 aromatic rings. The van der Waals surface area contributed by atoms with Crippen molar-refractivity contribution in [3.63, 3.8) is 0 Å². The minimum Gasteiger partial charge on any atom is -0.452 e. The first-order chi connectivity index (χ1) is 15.9. The molecule has 2 aliphatic rings. The van der Waals surface area contributed by atoms with Gasteiger partial charge in [0, 0.05) is 10.2 Å².